The first-order chi connectivity index (χ1) is 7.31. The summed E-state index contributed by atoms with van der Waals surface area (Å²) in [4.78, 5) is 0. The predicted molar refractivity (Wildman–Crippen MR) is 62.5 cm³/mol. The van der Waals surface area contributed by atoms with Crippen molar-refractivity contribution in [1.29, 1.82) is 0 Å². The lowest BCUT2D eigenvalue weighted by Gasteiger charge is -2.44. The van der Waals surface area contributed by atoms with E-state index in [0.29, 0.717) is 5.92 Å². The number of hydrogen-bond donors (Lipinski definition) is 1. The van der Waals surface area contributed by atoms with Crippen LogP contribution in [0.5, 0.6) is 0 Å². The highest BCUT2D eigenvalue weighted by Gasteiger charge is 2.40. The molecule has 0 amide bonds. The van der Waals surface area contributed by atoms with Crippen molar-refractivity contribution in [3.8, 4) is 0 Å². The fraction of sp³-hybridized carbons (Fsp3) is 0.429. The zero-order chi connectivity index (χ0) is 10.3. The van der Waals surface area contributed by atoms with Crippen LogP contribution in [0.25, 0.3) is 0 Å². The molecular weight excluding hydrogens is 182 g/mol. The molecular formula is C14H17N. The molecule has 2 aliphatic carbocycles. The van der Waals surface area contributed by atoms with Gasteiger partial charge in [-0.3, -0.25) is 0 Å². The number of rotatable bonds is 0. The van der Waals surface area contributed by atoms with E-state index < -0.39 is 0 Å². The lowest BCUT2D eigenvalue weighted by molar-refractivity contribution is 0.232. The van der Waals surface area contributed by atoms with Crippen LogP contribution < -0.4 is 5.73 Å². The lowest BCUT2D eigenvalue weighted by atomic mass is 9.65. The van der Waals surface area contributed by atoms with Crippen LogP contribution in [0.2, 0.25) is 0 Å². The van der Waals surface area contributed by atoms with Crippen molar-refractivity contribution in [2.24, 2.45) is 11.7 Å². The second-order valence-electron chi connectivity index (χ2n) is 4.84. The number of fused-ring (bicyclic) bond motifs is 3. The summed E-state index contributed by atoms with van der Waals surface area (Å²) in [6.07, 6.45) is 9.16. The number of allylic oxidation sites excluding steroid dienone is 1. The van der Waals surface area contributed by atoms with Crippen LogP contribution in [0.3, 0.4) is 0 Å². The number of aryl methyl sites for hydroxylation is 1. The molecule has 78 valence electrons. The van der Waals surface area contributed by atoms with Gasteiger partial charge in [0.15, 0.2) is 0 Å². The number of benzene rings is 1. The summed E-state index contributed by atoms with van der Waals surface area (Å²) in [5.41, 5.74) is 9.40. The Morgan fingerprint density at radius 1 is 1.20 bits per heavy atom. The van der Waals surface area contributed by atoms with Crippen molar-refractivity contribution in [1.82, 2.24) is 0 Å². The lowest BCUT2D eigenvalue weighted by Crippen LogP contribution is -2.48. The molecule has 1 aromatic carbocycles. The predicted octanol–water partition coefficient (Wildman–Crippen LogP) is 2.75. The standard InChI is InChI=1S/C14H17N/c15-14-10-4-3-6-12(14)9-8-11-5-1-2-7-13(11)14/h1-5,7,12H,6,8-10,15H2. The van der Waals surface area contributed by atoms with E-state index in [2.05, 4.69) is 36.4 Å². The molecule has 0 heterocycles. The van der Waals surface area contributed by atoms with E-state index in [1.165, 1.54) is 24.0 Å². The topological polar surface area (TPSA) is 26.0 Å². The van der Waals surface area contributed by atoms with Gasteiger partial charge in [0.2, 0.25) is 0 Å². The Labute approximate surface area is 91.0 Å². The number of hydrogen-bond acceptors (Lipinski definition) is 1. The summed E-state index contributed by atoms with van der Waals surface area (Å²) in [6.45, 7) is 0. The third kappa shape index (κ3) is 1.26. The van der Waals surface area contributed by atoms with Crippen LogP contribution in [0.4, 0.5) is 0 Å². The first-order valence-corrected chi connectivity index (χ1v) is 5.83. The monoisotopic (exact) mass is 199 g/mol. The largest absolute Gasteiger partial charge is 0.321 e. The fourth-order valence-corrected chi connectivity index (χ4v) is 3.14. The van der Waals surface area contributed by atoms with Gasteiger partial charge in [-0.2, -0.15) is 0 Å². The summed E-state index contributed by atoms with van der Waals surface area (Å²) in [5, 5.41) is 0. The van der Waals surface area contributed by atoms with E-state index in [1.807, 2.05) is 0 Å². The molecule has 0 aliphatic heterocycles. The van der Waals surface area contributed by atoms with Crippen molar-refractivity contribution in [3.05, 3.63) is 47.5 Å². The molecule has 1 aromatic rings. The molecule has 0 saturated carbocycles. The third-order valence-electron chi connectivity index (χ3n) is 4.05. The minimum atomic E-state index is -0.0798. The summed E-state index contributed by atoms with van der Waals surface area (Å²) in [7, 11) is 0. The van der Waals surface area contributed by atoms with Gasteiger partial charge in [-0.15, -0.1) is 0 Å². The Hall–Kier alpha value is -1.08. The molecule has 0 fully saturated rings. The SMILES string of the molecule is NC12CC=CCC1CCc1ccccc12. The maximum atomic E-state index is 6.62. The molecule has 0 saturated heterocycles. The minimum Gasteiger partial charge on any atom is -0.321 e. The van der Waals surface area contributed by atoms with Gasteiger partial charge in [-0.25, -0.2) is 0 Å². The highest BCUT2D eigenvalue weighted by atomic mass is 14.8. The highest BCUT2D eigenvalue weighted by molar-refractivity contribution is 5.38. The molecule has 0 spiro atoms. The van der Waals surface area contributed by atoms with E-state index in [9.17, 15) is 0 Å². The Kier molecular flexibility index (Phi) is 1.96. The van der Waals surface area contributed by atoms with Crippen molar-refractivity contribution in [2.45, 2.75) is 31.2 Å². The second kappa shape index (κ2) is 3.21. The van der Waals surface area contributed by atoms with E-state index >= 15 is 0 Å². The molecule has 3 rings (SSSR count). The van der Waals surface area contributed by atoms with Gasteiger partial charge < -0.3 is 5.73 Å². The first-order valence-electron chi connectivity index (χ1n) is 5.83. The second-order valence-corrected chi connectivity index (χ2v) is 4.84. The summed E-state index contributed by atoms with van der Waals surface area (Å²) >= 11 is 0. The van der Waals surface area contributed by atoms with Gasteiger partial charge >= 0.3 is 0 Å². The first kappa shape index (κ1) is 9.17. The average Bonchev–Trinajstić information content (AvgIpc) is 2.29. The minimum absolute atomic E-state index is 0.0798. The van der Waals surface area contributed by atoms with Crippen LogP contribution in [0, 0.1) is 5.92 Å². The average molecular weight is 199 g/mol. The molecule has 1 heteroatoms. The van der Waals surface area contributed by atoms with Gasteiger partial charge in [0.05, 0.1) is 0 Å². The highest BCUT2D eigenvalue weighted by Crippen LogP contribution is 2.44. The normalized spacial score (nSPS) is 33.3. The Bertz CT molecular complexity index is 408. The zero-order valence-corrected chi connectivity index (χ0v) is 8.95. The maximum absolute atomic E-state index is 6.62. The molecule has 2 aliphatic rings. The van der Waals surface area contributed by atoms with Gasteiger partial charge in [-0.1, -0.05) is 36.4 Å². The smallest absolute Gasteiger partial charge is 0.0478 e. The molecule has 2 unspecified atom stereocenters. The fourth-order valence-electron chi connectivity index (χ4n) is 3.14. The Morgan fingerprint density at radius 3 is 3.00 bits per heavy atom. The van der Waals surface area contributed by atoms with Crippen LogP contribution in [0.15, 0.2) is 36.4 Å². The quantitative estimate of drug-likeness (QED) is 0.639. The Morgan fingerprint density at radius 2 is 2.07 bits per heavy atom. The van der Waals surface area contributed by atoms with Gasteiger partial charge in [0, 0.05) is 5.54 Å². The zero-order valence-electron chi connectivity index (χ0n) is 8.95. The molecule has 0 radical (unpaired) electrons. The van der Waals surface area contributed by atoms with E-state index in [4.69, 9.17) is 5.73 Å². The van der Waals surface area contributed by atoms with Crippen molar-refractivity contribution < 1.29 is 0 Å². The van der Waals surface area contributed by atoms with Gasteiger partial charge in [0.1, 0.15) is 0 Å². The third-order valence-corrected chi connectivity index (χ3v) is 4.05. The van der Waals surface area contributed by atoms with E-state index in [-0.39, 0.29) is 5.54 Å². The van der Waals surface area contributed by atoms with Crippen molar-refractivity contribution >= 4 is 0 Å². The van der Waals surface area contributed by atoms with Crippen molar-refractivity contribution in [3.63, 3.8) is 0 Å². The van der Waals surface area contributed by atoms with Gasteiger partial charge in [-0.05, 0) is 42.7 Å². The van der Waals surface area contributed by atoms with E-state index in [1.54, 1.807) is 0 Å². The summed E-state index contributed by atoms with van der Waals surface area (Å²) < 4.78 is 0. The van der Waals surface area contributed by atoms with Gasteiger partial charge in [0.25, 0.3) is 0 Å². The Balaban J connectivity index is 2.13. The van der Waals surface area contributed by atoms with Crippen molar-refractivity contribution in [2.75, 3.05) is 0 Å². The van der Waals surface area contributed by atoms with E-state index in [0.717, 1.165) is 12.8 Å². The van der Waals surface area contributed by atoms with Crippen LogP contribution in [0.1, 0.15) is 30.4 Å². The molecule has 0 bridgehead atoms. The molecule has 1 nitrogen and oxygen atoms in total. The molecule has 2 atom stereocenters. The molecule has 2 N–H and O–H groups in total. The summed E-state index contributed by atoms with van der Waals surface area (Å²) in [5.74, 6) is 0.650. The maximum Gasteiger partial charge on any atom is 0.0478 e. The summed E-state index contributed by atoms with van der Waals surface area (Å²) in [6, 6.07) is 8.70. The van der Waals surface area contributed by atoms with Crippen LogP contribution >= 0.6 is 0 Å². The molecule has 0 aromatic heterocycles. The van der Waals surface area contributed by atoms with Crippen LogP contribution in [-0.2, 0) is 12.0 Å². The van der Waals surface area contributed by atoms with Crippen LogP contribution in [-0.4, -0.2) is 0 Å². The molecule has 15 heavy (non-hydrogen) atoms. The number of nitrogens with two attached hydrogens (primary N) is 1.